The summed E-state index contributed by atoms with van der Waals surface area (Å²) in [4.78, 5) is 13.9. The van der Waals surface area contributed by atoms with E-state index in [4.69, 9.17) is 13.6 Å². The van der Waals surface area contributed by atoms with Crippen molar-refractivity contribution in [1.29, 1.82) is 0 Å². The van der Waals surface area contributed by atoms with Crippen LogP contribution in [0.4, 0.5) is 0 Å². The molecule has 1 aliphatic rings. The van der Waals surface area contributed by atoms with Crippen molar-refractivity contribution in [3.8, 4) is 11.7 Å². The highest BCUT2D eigenvalue weighted by molar-refractivity contribution is 5.42. The highest BCUT2D eigenvalue weighted by atomic mass is 16.5. The fourth-order valence-electron chi connectivity index (χ4n) is 2.91. The number of rotatable bonds is 5. The predicted molar refractivity (Wildman–Crippen MR) is 80.9 cm³/mol. The average Bonchev–Trinajstić information content (AvgIpc) is 3.08. The van der Waals surface area contributed by atoms with Crippen LogP contribution >= 0.6 is 0 Å². The lowest BCUT2D eigenvalue weighted by molar-refractivity contribution is -0.0775. The van der Waals surface area contributed by atoms with Crippen LogP contribution in [0.15, 0.2) is 32.0 Å². The molecule has 8 nitrogen and oxygen atoms in total. The second-order valence-electron chi connectivity index (χ2n) is 5.96. The second-order valence-corrected chi connectivity index (χ2v) is 5.96. The summed E-state index contributed by atoms with van der Waals surface area (Å²) in [5.74, 6) is -0.119. The van der Waals surface area contributed by atoms with Crippen LogP contribution in [0.25, 0.3) is 11.7 Å². The van der Waals surface area contributed by atoms with Gasteiger partial charge in [-0.1, -0.05) is 0 Å². The number of β-amino-alcohol motifs (C(OH)–C–C–N with tert-alkyl or cyclic N) is 1. The Morgan fingerprint density at radius 2 is 2.09 bits per heavy atom. The lowest BCUT2D eigenvalue weighted by Gasteiger charge is -2.36. The number of aromatic nitrogens is 2. The van der Waals surface area contributed by atoms with Crippen molar-refractivity contribution < 1.29 is 18.7 Å². The van der Waals surface area contributed by atoms with Gasteiger partial charge in [-0.2, -0.15) is 4.68 Å². The number of hydrogen-bond acceptors (Lipinski definition) is 7. The molecule has 1 fully saturated rings. The van der Waals surface area contributed by atoms with Crippen LogP contribution in [-0.2, 0) is 11.3 Å². The van der Waals surface area contributed by atoms with Gasteiger partial charge in [0.2, 0.25) is 0 Å². The summed E-state index contributed by atoms with van der Waals surface area (Å²) in [6.07, 6.45) is 1.02. The largest absolute Gasteiger partial charge is 0.459 e. The maximum atomic E-state index is 11.8. The zero-order chi connectivity index (χ0) is 16.4. The monoisotopic (exact) mass is 323 g/mol. The molecule has 0 unspecified atom stereocenters. The van der Waals surface area contributed by atoms with Crippen molar-refractivity contribution in [3.05, 3.63) is 28.9 Å². The Labute approximate surface area is 133 Å². The number of aliphatic hydroxyl groups excluding tert-OH is 1. The molecule has 3 heterocycles. The van der Waals surface area contributed by atoms with E-state index in [0.717, 1.165) is 17.8 Å². The third-order valence-electron chi connectivity index (χ3n) is 3.69. The summed E-state index contributed by atoms with van der Waals surface area (Å²) < 4.78 is 17.0. The molecule has 8 heteroatoms. The van der Waals surface area contributed by atoms with Crippen molar-refractivity contribution >= 4 is 0 Å². The van der Waals surface area contributed by atoms with Gasteiger partial charge in [0, 0.05) is 19.6 Å². The molecule has 0 spiro atoms. The fraction of sp³-hybridized carbons (Fsp3) is 0.600. The van der Waals surface area contributed by atoms with Crippen LogP contribution in [0, 0.1) is 0 Å². The van der Waals surface area contributed by atoms with Crippen molar-refractivity contribution in [2.75, 3.05) is 19.6 Å². The lowest BCUT2D eigenvalue weighted by atomic mass is 10.2. The summed E-state index contributed by atoms with van der Waals surface area (Å²) in [6, 6.07) is 3.34. The Morgan fingerprint density at radius 3 is 2.74 bits per heavy atom. The van der Waals surface area contributed by atoms with Crippen LogP contribution in [0.2, 0.25) is 0 Å². The molecule has 0 radical (unpaired) electrons. The Balaban J connectivity index is 1.62. The highest BCUT2D eigenvalue weighted by Gasteiger charge is 2.24. The van der Waals surface area contributed by atoms with Gasteiger partial charge in [0.05, 0.1) is 31.1 Å². The average molecular weight is 323 g/mol. The molecule has 0 amide bonds. The molecule has 0 bridgehead atoms. The van der Waals surface area contributed by atoms with E-state index < -0.39 is 11.9 Å². The van der Waals surface area contributed by atoms with Crippen LogP contribution in [-0.4, -0.2) is 57.7 Å². The van der Waals surface area contributed by atoms with Crippen LogP contribution in [0.1, 0.15) is 13.8 Å². The summed E-state index contributed by atoms with van der Waals surface area (Å²) in [6.45, 7) is 6.05. The predicted octanol–water partition coefficient (Wildman–Crippen LogP) is 0.566. The van der Waals surface area contributed by atoms with Gasteiger partial charge in [-0.25, -0.2) is 4.79 Å². The molecule has 2 aromatic heterocycles. The second kappa shape index (κ2) is 6.69. The molecule has 0 saturated carbocycles. The van der Waals surface area contributed by atoms with E-state index in [2.05, 4.69) is 10.00 Å². The van der Waals surface area contributed by atoms with Gasteiger partial charge >= 0.3 is 5.76 Å². The number of nitrogens with zero attached hydrogens (tertiary/aromatic N) is 3. The van der Waals surface area contributed by atoms with E-state index in [1.165, 1.54) is 6.26 Å². The summed E-state index contributed by atoms with van der Waals surface area (Å²) in [5, 5.41) is 14.3. The van der Waals surface area contributed by atoms with Crippen molar-refractivity contribution in [1.82, 2.24) is 14.7 Å². The van der Waals surface area contributed by atoms with Crippen molar-refractivity contribution in [3.63, 3.8) is 0 Å². The highest BCUT2D eigenvalue weighted by Crippen LogP contribution is 2.15. The van der Waals surface area contributed by atoms with E-state index in [1.54, 1.807) is 12.1 Å². The van der Waals surface area contributed by atoms with Gasteiger partial charge in [-0.15, -0.1) is 5.10 Å². The van der Waals surface area contributed by atoms with E-state index >= 15 is 0 Å². The Hall–Kier alpha value is -1.90. The third-order valence-corrected chi connectivity index (χ3v) is 3.69. The third kappa shape index (κ3) is 3.90. The van der Waals surface area contributed by atoms with Gasteiger partial charge in [-0.05, 0) is 26.0 Å². The number of hydrogen-bond donors (Lipinski definition) is 1. The topological polar surface area (TPSA) is 93.9 Å². The Morgan fingerprint density at radius 1 is 1.35 bits per heavy atom. The van der Waals surface area contributed by atoms with E-state index in [1.807, 2.05) is 13.8 Å². The summed E-state index contributed by atoms with van der Waals surface area (Å²) in [5.41, 5.74) is 0. The van der Waals surface area contributed by atoms with E-state index in [9.17, 15) is 9.90 Å². The summed E-state index contributed by atoms with van der Waals surface area (Å²) in [7, 11) is 0. The van der Waals surface area contributed by atoms with Crippen LogP contribution in [0.3, 0.4) is 0 Å². The van der Waals surface area contributed by atoms with Gasteiger partial charge in [-0.3, -0.25) is 4.90 Å². The molecule has 23 heavy (non-hydrogen) atoms. The van der Waals surface area contributed by atoms with E-state index in [-0.39, 0.29) is 24.6 Å². The van der Waals surface area contributed by atoms with Gasteiger partial charge in [0.25, 0.3) is 5.89 Å². The van der Waals surface area contributed by atoms with Crippen molar-refractivity contribution in [2.24, 2.45) is 0 Å². The number of ether oxygens (including phenoxy) is 1. The molecule has 0 aliphatic carbocycles. The first-order valence-electron chi connectivity index (χ1n) is 7.69. The molecule has 0 aromatic carbocycles. The molecule has 1 saturated heterocycles. The molecule has 2 aromatic rings. The fourth-order valence-corrected chi connectivity index (χ4v) is 2.91. The van der Waals surface area contributed by atoms with Crippen LogP contribution in [0.5, 0.6) is 0 Å². The SMILES string of the molecule is C[C@@H]1CN(C[C@H](O)Cn2nc(-c3ccco3)oc2=O)C[C@@H](C)O1. The zero-order valence-electron chi connectivity index (χ0n) is 13.2. The first-order valence-corrected chi connectivity index (χ1v) is 7.69. The van der Waals surface area contributed by atoms with Gasteiger partial charge in [0.1, 0.15) is 0 Å². The lowest BCUT2D eigenvalue weighted by Crippen LogP contribution is -2.48. The van der Waals surface area contributed by atoms with Gasteiger partial charge in [0.15, 0.2) is 5.76 Å². The van der Waals surface area contributed by atoms with Crippen molar-refractivity contribution in [2.45, 2.75) is 38.7 Å². The van der Waals surface area contributed by atoms with Gasteiger partial charge < -0.3 is 18.7 Å². The maximum Gasteiger partial charge on any atom is 0.437 e. The maximum absolute atomic E-state index is 11.8. The quantitative estimate of drug-likeness (QED) is 0.859. The molecule has 3 rings (SSSR count). The standard InChI is InChI=1S/C15H21N3O5/c1-10-6-17(7-11(2)22-10)8-12(19)9-18-15(20)23-14(16-18)13-4-3-5-21-13/h3-5,10-12,19H,6-9H2,1-2H3/t10-,11-,12+/m1/s1. The number of morpholine rings is 1. The Kier molecular flexibility index (Phi) is 4.65. The molecular formula is C15H21N3O5. The first-order chi connectivity index (χ1) is 11.0. The normalized spacial score (nSPS) is 24.0. The Bertz CT molecular complexity index is 668. The minimum Gasteiger partial charge on any atom is -0.459 e. The molecule has 1 aliphatic heterocycles. The minimum atomic E-state index is -0.722. The van der Waals surface area contributed by atoms with Crippen LogP contribution < -0.4 is 5.76 Å². The first kappa shape index (κ1) is 16.0. The minimum absolute atomic E-state index is 0.0726. The summed E-state index contributed by atoms with van der Waals surface area (Å²) >= 11 is 0. The van der Waals surface area contributed by atoms with E-state index in [0.29, 0.717) is 12.3 Å². The molecule has 126 valence electrons. The molecular weight excluding hydrogens is 302 g/mol. The zero-order valence-corrected chi connectivity index (χ0v) is 13.2. The smallest absolute Gasteiger partial charge is 0.437 e. The molecule has 3 atom stereocenters. The number of aliphatic hydroxyl groups is 1. The number of furan rings is 1. The molecule has 1 N–H and O–H groups in total.